The Hall–Kier alpha value is -0.150. The van der Waals surface area contributed by atoms with E-state index >= 15 is 0 Å². The van der Waals surface area contributed by atoms with Crippen LogP contribution >= 0.6 is 21.7 Å². The van der Waals surface area contributed by atoms with Crippen molar-refractivity contribution in [3.05, 3.63) is 11.6 Å². The third kappa shape index (κ3) is 5.73. The lowest BCUT2D eigenvalue weighted by Crippen LogP contribution is -2.05. The average Bonchev–Trinajstić information content (AvgIpc) is 1.85. The maximum Gasteiger partial charge on any atom is 0.0883 e. The van der Waals surface area contributed by atoms with Gasteiger partial charge < -0.3 is 4.90 Å². The molecule has 2 nitrogen and oxygen atoms in total. The van der Waals surface area contributed by atoms with Crippen LogP contribution in [0.15, 0.2) is 16.6 Å². The molecule has 0 saturated carbocycles. The fourth-order valence-corrected chi connectivity index (χ4v) is 0.716. The number of rotatable bonds is 3. The molecule has 0 aliphatic carbocycles. The van der Waals surface area contributed by atoms with Crippen LogP contribution in [0.25, 0.3) is 0 Å². The zero-order valence-electron chi connectivity index (χ0n) is 5.41. The van der Waals surface area contributed by atoms with Gasteiger partial charge in [-0.05, 0) is 21.7 Å². The first-order valence-corrected chi connectivity index (χ1v) is 4.10. The van der Waals surface area contributed by atoms with Gasteiger partial charge in [0, 0.05) is 25.7 Å². The highest BCUT2D eigenvalue weighted by atomic mass is 35.7. The Kier molecular flexibility index (Phi) is 5.88. The molecule has 0 bridgehead atoms. The number of aliphatic imine (C=N–C) groups is 1. The van der Waals surface area contributed by atoms with Crippen molar-refractivity contribution in [3.8, 4) is 0 Å². The molecular formula is C5H9ClN2S. The minimum Gasteiger partial charge on any atom is -0.342 e. The highest BCUT2D eigenvalue weighted by molar-refractivity contribution is 8.23. The van der Waals surface area contributed by atoms with E-state index in [4.69, 9.17) is 10.7 Å². The van der Waals surface area contributed by atoms with Crippen molar-refractivity contribution in [2.75, 3.05) is 14.1 Å². The molecule has 52 valence electrons. The first-order chi connectivity index (χ1) is 4.31. The first-order valence-electron chi connectivity index (χ1n) is 2.39. The zero-order valence-corrected chi connectivity index (χ0v) is 6.99. The number of nitrogens with zero attached hydrogens (tertiary/aromatic N) is 2. The molecule has 0 atom stereocenters. The summed E-state index contributed by atoms with van der Waals surface area (Å²) in [5.41, 5.74) is 0. The quantitative estimate of drug-likeness (QED) is 0.468. The lowest BCUT2D eigenvalue weighted by atomic mass is 10.8. The van der Waals surface area contributed by atoms with Crippen LogP contribution in [0.4, 0.5) is 0 Å². The average molecular weight is 165 g/mol. The molecule has 0 aromatic carbocycles. The van der Waals surface area contributed by atoms with E-state index in [1.165, 1.54) is 0 Å². The lowest BCUT2D eigenvalue weighted by molar-refractivity contribution is 0.711. The first kappa shape index (κ1) is 8.85. The summed E-state index contributed by atoms with van der Waals surface area (Å²) in [4.78, 5) is 5.60. The number of halogens is 1. The highest BCUT2D eigenvalue weighted by Crippen LogP contribution is 2.06. The monoisotopic (exact) mass is 164 g/mol. The summed E-state index contributed by atoms with van der Waals surface area (Å²) in [6, 6.07) is 0. The molecule has 9 heavy (non-hydrogen) atoms. The van der Waals surface area contributed by atoms with Crippen molar-refractivity contribution < 1.29 is 0 Å². The van der Waals surface area contributed by atoms with E-state index in [1.807, 2.05) is 18.1 Å². The standard InChI is InChI=1S/C5H9ClN2S/c1-7-5-8(2)3-4-9-6/h3-5H,1-2H3/b4-3+,7-5-. The van der Waals surface area contributed by atoms with E-state index in [0.717, 1.165) is 11.0 Å². The Balaban J connectivity index is 3.48. The van der Waals surface area contributed by atoms with Gasteiger partial charge in [0.1, 0.15) is 0 Å². The Morgan fingerprint density at radius 3 is 2.78 bits per heavy atom. The van der Waals surface area contributed by atoms with Gasteiger partial charge in [0.2, 0.25) is 0 Å². The van der Waals surface area contributed by atoms with Crippen LogP contribution in [-0.4, -0.2) is 25.3 Å². The maximum absolute atomic E-state index is 5.30. The van der Waals surface area contributed by atoms with Crippen molar-refractivity contribution in [1.29, 1.82) is 0 Å². The van der Waals surface area contributed by atoms with Gasteiger partial charge in [0.25, 0.3) is 0 Å². The van der Waals surface area contributed by atoms with Gasteiger partial charge in [0.05, 0.1) is 6.34 Å². The van der Waals surface area contributed by atoms with E-state index in [2.05, 4.69) is 4.99 Å². The lowest BCUT2D eigenvalue weighted by Gasteiger charge is -2.02. The van der Waals surface area contributed by atoms with Crippen molar-refractivity contribution in [1.82, 2.24) is 4.90 Å². The fourth-order valence-electron chi connectivity index (χ4n) is 0.340. The molecular weight excluding hydrogens is 156 g/mol. The highest BCUT2D eigenvalue weighted by Gasteiger charge is 1.78. The Morgan fingerprint density at radius 2 is 2.33 bits per heavy atom. The molecule has 0 aliphatic rings. The SMILES string of the molecule is C/N=C\N(C)/C=C/SCl. The molecule has 4 heteroatoms. The molecule has 0 unspecified atom stereocenters. The van der Waals surface area contributed by atoms with Gasteiger partial charge in [-0.2, -0.15) is 0 Å². The van der Waals surface area contributed by atoms with Gasteiger partial charge in [-0.3, -0.25) is 4.99 Å². The summed E-state index contributed by atoms with van der Waals surface area (Å²) in [6.45, 7) is 0. The predicted molar refractivity (Wildman–Crippen MR) is 44.8 cm³/mol. The largest absolute Gasteiger partial charge is 0.342 e. The number of hydrogen-bond acceptors (Lipinski definition) is 2. The molecule has 0 spiro atoms. The van der Waals surface area contributed by atoms with Gasteiger partial charge >= 0.3 is 0 Å². The Bertz CT molecular complexity index is 114. The van der Waals surface area contributed by atoms with Crippen LogP contribution in [0.5, 0.6) is 0 Å². The summed E-state index contributed by atoms with van der Waals surface area (Å²) in [5, 5.41) is 1.77. The van der Waals surface area contributed by atoms with Crippen molar-refractivity contribution >= 4 is 28.0 Å². The summed E-state index contributed by atoms with van der Waals surface area (Å²) in [7, 11) is 10.1. The summed E-state index contributed by atoms with van der Waals surface area (Å²) in [5.74, 6) is 0. The summed E-state index contributed by atoms with van der Waals surface area (Å²) < 4.78 is 0. The molecule has 0 N–H and O–H groups in total. The van der Waals surface area contributed by atoms with Gasteiger partial charge in [0.15, 0.2) is 0 Å². The van der Waals surface area contributed by atoms with Crippen LogP contribution in [0.1, 0.15) is 0 Å². The van der Waals surface area contributed by atoms with Crippen LogP contribution in [0, 0.1) is 0 Å². The third-order valence-corrected chi connectivity index (χ3v) is 1.18. The second kappa shape index (κ2) is 5.98. The van der Waals surface area contributed by atoms with Gasteiger partial charge in [-0.15, -0.1) is 0 Å². The van der Waals surface area contributed by atoms with Crippen molar-refractivity contribution in [2.45, 2.75) is 0 Å². The summed E-state index contributed by atoms with van der Waals surface area (Å²) >= 11 is 0. The molecule has 0 aromatic heterocycles. The maximum atomic E-state index is 5.30. The molecule has 0 saturated heterocycles. The van der Waals surface area contributed by atoms with Crippen molar-refractivity contribution in [3.63, 3.8) is 0 Å². The Morgan fingerprint density at radius 1 is 1.67 bits per heavy atom. The van der Waals surface area contributed by atoms with Gasteiger partial charge in [-0.1, -0.05) is 0 Å². The fraction of sp³-hybridized carbons (Fsp3) is 0.400. The van der Waals surface area contributed by atoms with Gasteiger partial charge in [-0.25, -0.2) is 0 Å². The van der Waals surface area contributed by atoms with Crippen LogP contribution in [-0.2, 0) is 0 Å². The molecule has 0 aromatic rings. The summed E-state index contributed by atoms with van der Waals surface area (Å²) in [6.07, 6.45) is 3.52. The zero-order chi connectivity index (χ0) is 7.11. The van der Waals surface area contributed by atoms with Crippen LogP contribution in [0.3, 0.4) is 0 Å². The molecule has 0 aliphatic heterocycles. The molecule has 0 amide bonds. The van der Waals surface area contributed by atoms with Crippen molar-refractivity contribution in [2.24, 2.45) is 4.99 Å². The smallest absolute Gasteiger partial charge is 0.0883 e. The van der Waals surface area contributed by atoms with E-state index in [1.54, 1.807) is 18.8 Å². The third-order valence-electron chi connectivity index (χ3n) is 0.645. The minimum absolute atomic E-state index is 1.14. The molecule has 0 rings (SSSR count). The van der Waals surface area contributed by atoms with E-state index < -0.39 is 0 Å². The van der Waals surface area contributed by atoms with E-state index in [0.29, 0.717) is 0 Å². The number of hydrogen-bond donors (Lipinski definition) is 0. The van der Waals surface area contributed by atoms with E-state index in [9.17, 15) is 0 Å². The second-order valence-corrected chi connectivity index (χ2v) is 2.40. The molecule has 0 radical (unpaired) electrons. The van der Waals surface area contributed by atoms with Crippen LogP contribution in [0.2, 0.25) is 0 Å². The Labute approximate surface area is 64.1 Å². The van der Waals surface area contributed by atoms with E-state index in [-0.39, 0.29) is 0 Å². The topological polar surface area (TPSA) is 15.6 Å². The van der Waals surface area contributed by atoms with Crippen LogP contribution < -0.4 is 0 Å². The molecule has 0 fully saturated rings. The molecule has 0 heterocycles. The predicted octanol–water partition coefficient (Wildman–Crippen LogP) is 1.93. The minimum atomic E-state index is 1.14. The normalized spacial score (nSPS) is 11.4. The second-order valence-electron chi connectivity index (χ2n) is 1.41.